The van der Waals surface area contributed by atoms with E-state index in [1.807, 2.05) is 12.1 Å². The van der Waals surface area contributed by atoms with Crippen LogP contribution in [-0.2, 0) is 11.3 Å². The Morgan fingerprint density at radius 2 is 1.80 bits per heavy atom. The van der Waals surface area contributed by atoms with Crippen molar-refractivity contribution >= 4 is 61.0 Å². The Balaban J connectivity index is 1.62. The Morgan fingerprint density at radius 1 is 1.10 bits per heavy atom. The van der Waals surface area contributed by atoms with Crippen molar-refractivity contribution in [1.82, 2.24) is 10.3 Å². The second-order valence-electron chi connectivity index (χ2n) is 6.64. The number of benzene rings is 2. The van der Waals surface area contributed by atoms with Gasteiger partial charge in [-0.3, -0.25) is 14.6 Å². The molecule has 1 aromatic heterocycles. The predicted octanol–water partition coefficient (Wildman–Crippen LogP) is 4.73. The average Bonchev–Trinajstić information content (AvgIpc) is 3.05. The molecule has 1 aliphatic heterocycles. The third kappa shape index (κ3) is 4.15. The van der Waals surface area contributed by atoms with Gasteiger partial charge >= 0.3 is 0 Å². The number of anilines is 1. The minimum absolute atomic E-state index is 0.0848. The van der Waals surface area contributed by atoms with E-state index in [9.17, 15) is 14.7 Å². The first-order chi connectivity index (χ1) is 14.4. The first kappa shape index (κ1) is 20.3. The van der Waals surface area contributed by atoms with Crippen LogP contribution in [0.25, 0.3) is 11.6 Å². The Morgan fingerprint density at radius 3 is 2.50 bits per heavy atom. The molecule has 2 heterocycles. The van der Waals surface area contributed by atoms with Crippen molar-refractivity contribution in [2.24, 2.45) is 0 Å². The third-order valence-electron chi connectivity index (χ3n) is 4.62. The van der Waals surface area contributed by atoms with Crippen LogP contribution in [0.5, 0.6) is 5.75 Å². The molecule has 30 heavy (non-hydrogen) atoms. The molecule has 0 fully saturated rings. The smallest absolute Gasteiger partial charge is 0.256 e. The van der Waals surface area contributed by atoms with Crippen LogP contribution in [0.2, 0.25) is 0 Å². The molecule has 0 saturated heterocycles. The molecule has 0 saturated carbocycles. The lowest BCUT2D eigenvalue weighted by Gasteiger charge is -2.07. The number of phenolic OH excluding ortho intramolecular Hbond substituents is 1. The Bertz CT molecular complexity index is 1170. The molecule has 3 N–H and O–H groups in total. The van der Waals surface area contributed by atoms with E-state index in [1.54, 1.807) is 48.8 Å². The summed E-state index contributed by atoms with van der Waals surface area (Å²) in [6.45, 7) is 0.383. The zero-order chi connectivity index (χ0) is 21.3. The molecule has 0 aliphatic carbocycles. The van der Waals surface area contributed by atoms with E-state index in [1.165, 1.54) is 0 Å². The number of nitrogens with one attached hydrogen (secondary N) is 2. The second kappa shape index (κ2) is 8.41. The molecule has 0 bridgehead atoms. The van der Waals surface area contributed by atoms with Crippen LogP contribution in [0.4, 0.5) is 5.69 Å². The molecule has 8 heteroatoms. The van der Waals surface area contributed by atoms with Gasteiger partial charge in [-0.15, -0.1) is 0 Å². The summed E-state index contributed by atoms with van der Waals surface area (Å²) in [5.74, 6) is -0.398. The number of aromatic hydroxyl groups is 1. The molecule has 2 amide bonds. The van der Waals surface area contributed by atoms with Crippen LogP contribution >= 0.6 is 31.9 Å². The molecule has 150 valence electrons. The molecule has 0 unspecified atom stereocenters. The molecular weight excluding hydrogens is 514 g/mol. The molecule has 6 nitrogen and oxygen atoms in total. The maximum absolute atomic E-state index is 12.6. The summed E-state index contributed by atoms with van der Waals surface area (Å²) in [6, 6.07) is 12.2. The minimum atomic E-state index is -0.250. The Hall–Kier alpha value is -2.97. The van der Waals surface area contributed by atoms with Gasteiger partial charge in [-0.05, 0) is 91.5 Å². The standard InChI is InChI=1S/C22H15Br2N3O3/c23-17-8-13(9-18(24)20(17)28)7-16-15-10-14(1-2-19(15)27-22(16)30)21(29)26-11-12-3-5-25-6-4-12/h1-10,28H,11H2,(H,26,29)(H,27,30)/b16-7-. The predicted molar refractivity (Wildman–Crippen MR) is 122 cm³/mol. The van der Waals surface area contributed by atoms with E-state index in [-0.39, 0.29) is 17.6 Å². The highest BCUT2D eigenvalue weighted by atomic mass is 79.9. The van der Waals surface area contributed by atoms with Crippen molar-refractivity contribution in [1.29, 1.82) is 0 Å². The first-order valence-corrected chi connectivity index (χ1v) is 10.5. The maximum atomic E-state index is 12.6. The van der Waals surface area contributed by atoms with Gasteiger partial charge in [-0.1, -0.05) is 0 Å². The largest absolute Gasteiger partial charge is 0.506 e. The normalized spacial score (nSPS) is 13.8. The summed E-state index contributed by atoms with van der Waals surface area (Å²) < 4.78 is 1.01. The minimum Gasteiger partial charge on any atom is -0.506 e. The molecule has 0 radical (unpaired) electrons. The Kier molecular flexibility index (Phi) is 5.69. The third-order valence-corrected chi connectivity index (χ3v) is 5.83. The number of rotatable bonds is 4. The SMILES string of the molecule is O=C1Nc2ccc(C(=O)NCc3ccncc3)cc2/C1=C/c1cc(Br)c(O)c(Br)c1. The van der Waals surface area contributed by atoms with Gasteiger partial charge in [-0.2, -0.15) is 0 Å². The van der Waals surface area contributed by atoms with Gasteiger partial charge in [0, 0.05) is 41.3 Å². The number of nitrogens with zero attached hydrogens (tertiary/aromatic N) is 1. The fourth-order valence-corrected chi connectivity index (χ4v) is 4.31. The molecule has 2 aromatic carbocycles. The van der Waals surface area contributed by atoms with Gasteiger partial charge in [-0.25, -0.2) is 0 Å². The van der Waals surface area contributed by atoms with Crippen molar-refractivity contribution in [2.75, 3.05) is 5.32 Å². The zero-order valence-corrected chi connectivity index (χ0v) is 18.6. The number of amides is 2. The van der Waals surface area contributed by atoms with E-state index in [2.05, 4.69) is 47.5 Å². The van der Waals surface area contributed by atoms with Crippen LogP contribution < -0.4 is 10.6 Å². The van der Waals surface area contributed by atoms with E-state index in [4.69, 9.17) is 0 Å². The van der Waals surface area contributed by atoms with Gasteiger partial charge in [0.1, 0.15) is 5.75 Å². The summed E-state index contributed by atoms with van der Waals surface area (Å²) in [5, 5.41) is 15.6. The quantitative estimate of drug-likeness (QED) is 0.427. The fourth-order valence-electron chi connectivity index (χ4n) is 3.09. The number of halogens is 2. The van der Waals surface area contributed by atoms with Crippen LogP contribution in [0, 0.1) is 0 Å². The van der Waals surface area contributed by atoms with E-state index >= 15 is 0 Å². The lowest BCUT2D eigenvalue weighted by molar-refractivity contribution is -0.110. The summed E-state index contributed by atoms with van der Waals surface area (Å²) in [7, 11) is 0. The van der Waals surface area contributed by atoms with Crippen molar-refractivity contribution in [3.63, 3.8) is 0 Å². The summed E-state index contributed by atoms with van der Waals surface area (Å²) in [5.41, 5.74) is 3.86. The number of fused-ring (bicyclic) bond motifs is 1. The lowest BCUT2D eigenvalue weighted by atomic mass is 10.0. The van der Waals surface area contributed by atoms with Crippen LogP contribution in [-0.4, -0.2) is 21.9 Å². The molecular formula is C22H15Br2N3O3. The van der Waals surface area contributed by atoms with E-state index in [0.717, 1.165) is 11.1 Å². The summed E-state index contributed by atoms with van der Waals surface area (Å²) in [4.78, 5) is 29.1. The Labute approximate surface area is 189 Å². The summed E-state index contributed by atoms with van der Waals surface area (Å²) in [6.07, 6.45) is 5.06. The highest BCUT2D eigenvalue weighted by Gasteiger charge is 2.25. The van der Waals surface area contributed by atoms with Crippen molar-refractivity contribution in [3.05, 3.63) is 86.1 Å². The van der Waals surface area contributed by atoms with E-state index in [0.29, 0.717) is 37.9 Å². The van der Waals surface area contributed by atoms with Crippen LogP contribution in [0.15, 0.2) is 63.8 Å². The van der Waals surface area contributed by atoms with Crippen LogP contribution in [0.3, 0.4) is 0 Å². The number of carbonyl (C=O) groups is 2. The molecule has 4 rings (SSSR count). The zero-order valence-electron chi connectivity index (χ0n) is 15.4. The first-order valence-electron chi connectivity index (χ1n) is 8.95. The molecule has 0 spiro atoms. The second-order valence-corrected chi connectivity index (χ2v) is 8.35. The van der Waals surface area contributed by atoms with Crippen LogP contribution in [0.1, 0.15) is 27.0 Å². The average molecular weight is 529 g/mol. The highest BCUT2D eigenvalue weighted by molar-refractivity contribution is 9.11. The number of aromatic nitrogens is 1. The van der Waals surface area contributed by atoms with Gasteiger partial charge in [0.15, 0.2) is 0 Å². The topological polar surface area (TPSA) is 91.3 Å². The number of hydrogen-bond acceptors (Lipinski definition) is 4. The fraction of sp³-hybridized carbons (Fsp3) is 0.0455. The monoisotopic (exact) mass is 527 g/mol. The molecule has 1 aliphatic rings. The number of hydrogen-bond donors (Lipinski definition) is 3. The summed E-state index contributed by atoms with van der Waals surface area (Å²) >= 11 is 6.59. The van der Waals surface area contributed by atoms with Crippen molar-refractivity contribution in [2.45, 2.75) is 6.54 Å². The number of carbonyl (C=O) groups excluding carboxylic acids is 2. The lowest BCUT2D eigenvalue weighted by Crippen LogP contribution is -2.22. The van der Waals surface area contributed by atoms with Gasteiger partial charge < -0.3 is 15.7 Å². The highest BCUT2D eigenvalue weighted by Crippen LogP contribution is 2.37. The van der Waals surface area contributed by atoms with Crippen molar-refractivity contribution in [3.8, 4) is 5.75 Å². The molecule has 3 aromatic rings. The van der Waals surface area contributed by atoms with Gasteiger partial charge in [0.25, 0.3) is 11.8 Å². The van der Waals surface area contributed by atoms with Gasteiger partial charge in [0.2, 0.25) is 0 Å². The molecule has 0 atom stereocenters. The van der Waals surface area contributed by atoms with E-state index < -0.39 is 0 Å². The number of pyridine rings is 1. The maximum Gasteiger partial charge on any atom is 0.256 e. The number of phenols is 1. The van der Waals surface area contributed by atoms with Gasteiger partial charge in [0.05, 0.1) is 8.95 Å². The van der Waals surface area contributed by atoms with Crippen molar-refractivity contribution < 1.29 is 14.7 Å².